The number of fused-ring (bicyclic) bond motifs is 1. The standard InChI is InChI=1S/C15H15NO3/c1-10-6-12(16)3-5-13(10)17-8-11-2-4-14-15(7-11)19-9-18-14/h2-7H,8-9,16H2,1H3. The van der Waals surface area contributed by atoms with Crippen LogP contribution in [0.25, 0.3) is 0 Å². The van der Waals surface area contributed by atoms with Crippen molar-refractivity contribution < 1.29 is 14.2 Å². The summed E-state index contributed by atoms with van der Waals surface area (Å²) in [5, 5.41) is 0. The zero-order chi connectivity index (χ0) is 13.2. The fourth-order valence-corrected chi connectivity index (χ4v) is 2.03. The summed E-state index contributed by atoms with van der Waals surface area (Å²) < 4.78 is 16.4. The number of benzene rings is 2. The van der Waals surface area contributed by atoms with Crippen LogP contribution < -0.4 is 19.9 Å². The van der Waals surface area contributed by atoms with Gasteiger partial charge in [0.25, 0.3) is 0 Å². The first-order chi connectivity index (χ1) is 9.22. The Hall–Kier alpha value is -2.36. The lowest BCUT2D eigenvalue weighted by Crippen LogP contribution is -1.98. The molecular weight excluding hydrogens is 242 g/mol. The molecule has 2 N–H and O–H groups in total. The van der Waals surface area contributed by atoms with Crippen molar-refractivity contribution in [2.45, 2.75) is 13.5 Å². The molecule has 0 spiro atoms. The van der Waals surface area contributed by atoms with Crippen molar-refractivity contribution in [3.8, 4) is 17.2 Å². The van der Waals surface area contributed by atoms with Gasteiger partial charge in [-0.15, -0.1) is 0 Å². The molecule has 4 nitrogen and oxygen atoms in total. The maximum atomic E-state index is 5.79. The summed E-state index contributed by atoms with van der Waals surface area (Å²) in [5.74, 6) is 2.40. The Bertz CT molecular complexity index is 610. The van der Waals surface area contributed by atoms with Gasteiger partial charge in [0.15, 0.2) is 11.5 Å². The number of aryl methyl sites for hydroxylation is 1. The molecule has 3 rings (SSSR count). The molecular formula is C15H15NO3. The van der Waals surface area contributed by atoms with Gasteiger partial charge in [-0.05, 0) is 48.4 Å². The zero-order valence-corrected chi connectivity index (χ0v) is 10.7. The van der Waals surface area contributed by atoms with E-state index in [1.807, 2.05) is 43.3 Å². The minimum absolute atomic E-state index is 0.288. The van der Waals surface area contributed by atoms with Gasteiger partial charge in [-0.25, -0.2) is 0 Å². The molecule has 0 bridgehead atoms. The van der Waals surface area contributed by atoms with Gasteiger partial charge in [-0.2, -0.15) is 0 Å². The van der Waals surface area contributed by atoms with Gasteiger partial charge in [0.1, 0.15) is 12.4 Å². The van der Waals surface area contributed by atoms with Crippen molar-refractivity contribution in [3.05, 3.63) is 47.5 Å². The van der Waals surface area contributed by atoms with Crippen molar-refractivity contribution in [2.24, 2.45) is 0 Å². The van der Waals surface area contributed by atoms with Crippen LogP contribution in [-0.4, -0.2) is 6.79 Å². The normalized spacial score (nSPS) is 12.5. The smallest absolute Gasteiger partial charge is 0.231 e. The van der Waals surface area contributed by atoms with Gasteiger partial charge in [-0.3, -0.25) is 0 Å². The molecule has 0 aliphatic carbocycles. The second-order valence-electron chi connectivity index (χ2n) is 4.50. The van der Waals surface area contributed by atoms with Crippen LogP contribution in [0.2, 0.25) is 0 Å². The molecule has 98 valence electrons. The van der Waals surface area contributed by atoms with Crippen molar-refractivity contribution in [3.63, 3.8) is 0 Å². The minimum atomic E-state index is 0.288. The number of hydrogen-bond donors (Lipinski definition) is 1. The van der Waals surface area contributed by atoms with Gasteiger partial charge in [0.05, 0.1) is 0 Å². The van der Waals surface area contributed by atoms with E-state index >= 15 is 0 Å². The van der Waals surface area contributed by atoms with Crippen LogP contribution in [0.5, 0.6) is 17.2 Å². The molecule has 2 aromatic carbocycles. The predicted molar refractivity (Wildman–Crippen MR) is 72.5 cm³/mol. The Labute approximate surface area is 111 Å². The van der Waals surface area contributed by atoms with Crippen LogP contribution >= 0.6 is 0 Å². The average molecular weight is 257 g/mol. The number of hydrogen-bond acceptors (Lipinski definition) is 4. The first kappa shape index (κ1) is 11.7. The molecule has 1 aliphatic rings. The van der Waals surface area contributed by atoms with E-state index in [9.17, 15) is 0 Å². The van der Waals surface area contributed by atoms with Crippen LogP contribution in [0.3, 0.4) is 0 Å². The van der Waals surface area contributed by atoms with Crippen LogP contribution in [-0.2, 0) is 6.61 Å². The van der Waals surface area contributed by atoms with Crippen molar-refractivity contribution >= 4 is 5.69 Å². The molecule has 0 atom stereocenters. The summed E-state index contributed by atoms with van der Waals surface area (Å²) in [7, 11) is 0. The molecule has 19 heavy (non-hydrogen) atoms. The third-order valence-electron chi connectivity index (χ3n) is 3.03. The minimum Gasteiger partial charge on any atom is -0.489 e. The number of nitrogens with two attached hydrogens (primary N) is 1. The fraction of sp³-hybridized carbons (Fsp3) is 0.200. The van der Waals surface area contributed by atoms with Crippen LogP contribution in [0.1, 0.15) is 11.1 Å². The van der Waals surface area contributed by atoms with E-state index in [2.05, 4.69) is 0 Å². The number of nitrogen functional groups attached to an aromatic ring is 1. The Balaban J connectivity index is 1.72. The maximum absolute atomic E-state index is 5.79. The zero-order valence-electron chi connectivity index (χ0n) is 10.7. The quantitative estimate of drug-likeness (QED) is 0.859. The Morgan fingerprint density at radius 1 is 1.11 bits per heavy atom. The van der Waals surface area contributed by atoms with E-state index < -0.39 is 0 Å². The third-order valence-corrected chi connectivity index (χ3v) is 3.03. The summed E-state index contributed by atoms with van der Waals surface area (Å²) in [6.45, 7) is 2.75. The summed E-state index contributed by atoms with van der Waals surface area (Å²) in [5.41, 5.74) is 8.52. The summed E-state index contributed by atoms with van der Waals surface area (Å²) in [6.07, 6.45) is 0. The highest BCUT2D eigenvalue weighted by Gasteiger charge is 2.13. The summed E-state index contributed by atoms with van der Waals surface area (Å²) in [4.78, 5) is 0. The van der Waals surface area contributed by atoms with Gasteiger partial charge >= 0.3 is 0 Å². The Morgan fingerprint density at radius 3 is 2.79 bits per heavy atom. The number of rotatable bonds is 3. The van der Waals surface area contributed by atoms with Gasteiger partial charge in [-0.1, -0.05) is 6.07 Å². The van der Waals surface area contributed by atoms with E-state index in [-0.39, 0.29) is 6.79 Å². The van der Waals surface area contributed by atoms with Crippen LogP contribution in [0, 0.1) is 6.92 Å². The largest absolute Gasteiger partial charge is 0.489 e. The lowest BCUT2D eigenvalue weighted by Gasteiger charge is -2.10. The lowest BCUT2D eigenvalue weighted by atomic mass is 10.2. The van der Waals surface area contributed by atoms with Crippen LogP contribution in [0.15, 0.2) is 36.4 Å². The highest BCUT2D eigenvalue weighted by atomic mass is 16.7. The highest BCUT2D eigenvalue weighted by Crippen LogP contribution is 2.33. The molecule has 0 saturated heterocycles. The van der Waals surface area contributed by atoms with Gasteiger partial charge in [0, 0.05) is 5.69 Å². The summed E-state index contributed by atoms with van der Waals surface area (Å²) in [6, 6.07) is 11.4. The first-order valence-electron chi connectivity index (χ1n) is 6.10. The molecule has 0 amide bonds. The van der Waals surface area contributed by atoms with Crippen molar-refractivity contribution in [2.75, 3.05) is 12.5 Å². The SMILES string of the molecule is Cc1cc(N)ccc1OCc1ccc2c(c1)OCO2. The number of ether oxygens (including phenoxy) is 3. The van der Waals surface area contributed by atoms with E-state index in [0.29, 0.717) is 6.61 Å². The van der Waals surface area contributed by atoms with E-state index in [1.165, 1.54) is 0 Å². The van der Waals surface area contributed by atoms with E-state index in [4.69, 9.17) is 19.9 Å². The molecule has 0 unspecified atom stereocenters. The second kappa shape index (κ2) is 4.72. The molecule has 0 aromatic heterocycles. The Kier molecular flexibility index (Phi) is 2.91. The Morgan fingerprint density at radius 2 is 1.95 bits per heavy atom. The lowest BCUT2D eigenvalue weighted by molar-refractivity contribution is 0.174. The van der Waals surface area contributed by atoms with Crippen molar-refractivity contribution in [1.29, 1.82) is 0 Å². The molecule has 0 radical (unpaired) electrons. The van der Waals surface area contributed by atoms with E-state index in [0.717, 1.165) is 34.1 Å². The summed E-state index contributed by atoms with van der Waals surface area (Å²) >= 11 is 0. The van der Waals surface area contributed by atoms with Gasteiger partial charge in [0.2, 0.25) is 6.79 Å². The molecule has 2 aromatic rings. The predicted octanol–water partition coefficient (Wildman–Crippen LogP) is 2.88. The highest BCUT2D eigenvalue weighted by molar-refractivity contribution is 5.47. The number of anilines is 1. The van der Waals surface area contributed by atoms with Crippen molar-refractivity contribution in [1.82, 2.24) is 0 Å². The monoisotopic (exact) mass is 257 g/mol. The second-order valence-corrected chi connectivity index (χ2v) is 4.50. The first-order valence-corrected chi connectivity index (χ1v) is 6.10. The molecule has 4 heteroatoms. The van der Waals surface area contributed by atoms with E-state index in [1.54, 1.807) is 0 Å². The maximum Gasteiger partial charge on any atom is 0.231 e. The fourth-order valence-electron chi connectivity index (χ4n) is 2.03. The molecule has 1 aliphatic heterocycles. The molecule has 1 heterocycles. The third kappa shape index (κ3) is 2.42. The van der Waals surface area contributed by atoms with Crippen LogP contribution in [0.4, 0.5) is 5.69 Å². The average Bonchev–Trinajstić information content (AvgIpc) is 2.85. The van der Waals surface area contributed by atoms with Gasteiger partial charge < -0.3 is 19.9 Å². The topological polar surface area (TPSA) is 53.7 Å². The molecule has 0 saturated carbocycles. The molecule has 0 fully saturated rings.